The summed E-state index contributed by atoms with van der Waals surface area (Å²) >= 11 is 0. The number of aryl methyl sites for hydroxylation is 1. The minimum Gasteiger partial charge on any atom is -0.490 e. The van der Waals surface area contributed by atoms with Gasteiger partial charge in [0.15, 0.2) is 0 Å². The number of nitrogens with two attached hydrogens (primary N) is 1. The van der Waals surface area contributed by atoms with Crippen LogP contribution in [0.5, 0.6) is 5.75 Å². The Morgan fingerprint density at radius 1 is 1.25 bits per heavy atom. The van der Waals surface area contributed by atoms with Gasteiger partial charge in [0.05, 0.1) is 23.6 Å². The number of aromatic nitrogens is 3. The van der Waals surface area contributed by atoms with E-state index in [1.807, 2.05) is 54.3 Å². The molecule has 144 valence electrons. The molecule has 7 heteroatoms. The second-order valence-electron chi connectivity index (χ2n) is 6.88. The SMILES string of the molecule is Cc1ncccc1OCC1CCCN1C(=O)c1cnn(-c2ccccc2)c1N. The normalized spacial score (nSPS) is 16.3. The van der Waals surface area contributed by atoms with Crippen molar-refractivity contribution in [3.05, 3.63) is 66.1 Å². The smallest absolute Gasteiger partial charge is 0.259 e. The molecule has 1 aliphatic heterocycles. The summed E-state index contributed by atoms with van der Waals surface area (Å²) in [6.45, 7) is 3.03. The Bertz CT molecular complexity index is 970. The number of ether oxygens (including phenoxy) is 1. The molecule has 2 aromatic heterocycles. The molecule has 0 aliphatic carbocycles. The first-order valence-electron chi connectivity index (χ1n) is 9.39. The van der Waals surface area contributed by atoms with Crippen LogP contribution in [0, 0.1) is 6.92 Å². The summed E-state index contributed by atoms with van der Waals surface area (Å²) in [4.78, 5) is 19.2. The zero-order chi connectivity index (χ0) is 19.5. The standard InChI is InChI=1S/C21H23N5O2/c1-15-19(10-5-11-23-15)28-14-17-9-6-12-25(17)21(27)18-13-24-26(20(18)22)16-7-3-2-4-8-16/h2-5,7-8,10-11,13,17H,6,9,12,14,22H2,1H3. The van der Waals surface area contributed by atoms with Crippen molar-refractivity contribution in [1.82, 2.24) is 19.7 Å². The molecular formula is C21H23N5O2. The van der Waals surface area contributed by atoms with Crippen molar-refractivity contribution < 1.29 is 9.53 Å². The number of hydrogen-bond acceptors (Lipinski definition) is 5. The minimum atomic E-state index is -0.103. The van der Waals surface area contributed by atoms with Crippen LogP contribution < -0.4 is 10.5 Å². The van der Waals surface area contributed by atoms with Crippen molar-refractivity contribution in [3.8, 4) is 11.4 Å². The third-order valence-corrected chi connectivity index (χ3v) is 5.07. The molecule has 1 aliphatic rings. The lowest BCUT2D eigenvalue weighted by Gasteiger charge is -2.25. The predicted octanol–water partition coefficient (Wildman–Crippen LogP) is 2.84. The molecule has 1 fully saturated rings. The van der Waals surface area contributed by atoms with Crippen molar-refractivity contribution in [2.45, 2.75) is 25.8 Å². The van der Waals surface area contributed by atoms with E-state index in [-0.39, 0.29) is 11.9 Å². The molecular weight excluding hydrogens is 354 g/mol. The first-order chi connectivity index (χ1) is 13.6. The third kappa shape index (κ3) is 3.43. The lowest BCUT2D eigenvalue weighted by Crippen LogP contribution is -2.39. The maximum atomic E-state index is 13.1. The zero-order valence-electron chi connectivity index (χ0n) is 15.8. The van der Waals surface area contributed by atoms with Gasteiger partial charge in [0.25, 0.3) is 5.91 Å². The fourth-order valence-corrected chi connectivity index (χ4v) is 3.54. The van der Waals surface area contributed by atoms with Crippen LogP contribution in [0.15, 0.2) is 54.9 Å². The molecule has 0 bridgehead atoms. The van der Waals surface area contributed by atoms with Gasteiger partial charge < -0.3 is 15.4 Å². The largest absolute Gasteiger partial charge is 0.490 e. The highest BCUT2D eigenvalue weighted by molar-refractivity contribution is 5.98. The number of carbonyl (C=O) groups excluding carboxylic acids is 1. The van der Waals surface area contributed by atoms with Crippen LogP contribution in [-0.4, -0.2) is 44.8 Å². The Balaban J connectivity index is 1.50. The number of rotatable bonds is 5. The topological polar surface area (TPSA) is 86.3 Å². The number of carbonyl (C=O) groups is 1. The number of para-hydroxylation sites is 1. The monoisotopic (exact) mass is 377 g/mol. The molecule has 1 amide bonds. The van der Waals surface area contributed by atoms with Gasteiger partial charge in [-0.05, 0) is 44.0 Å². The van der Waals surface area contributed by atoms with E-state index >= 15 is 0 Å². The second-order valence-corrected chi connectivity index (χ2v) is 6.88. The lowest BCUT2D eigenvalue weighted by molar-refractivity contribution is 0.0692. The van der Waals surface area contributed by atoms with Crippen LogP contribution in [0.2, 0.25) is 0 Å². The lowest BCUT2D eigenvalue weighted by atomic mass is 10.2. The number of benzene rings is 1. The summed E-state index contributed by atoms with van der Waals surface area (Å²) in [6, 6.07) is 13.3. The summed E-state index contributed by atoms with van der Waals surface area (Å²) in [5.74, 6) is 0.998. The highest BCUT2D eigenvalue weighted by Crippen LogP contribution is 2.25. The van der Waals surface area contributed by atoms with Crippen molar-refractivity contribution in [1.29, 1.82) is 0 Å². The number of hydrogen-bond donors (Lipinski definition) is 1. The number of anilines is 1. The van der Waals surface area contributed by atoms with E-state index in [0.29, 0.717) is 24.5 Å². The van der Waals surface area contributed by atoms with Crippen LogP contribution in [0.1, 0.15) is 28.9 Å². The summed E-state index contributed by atoms with van der Waals surface area (Å²) in [7, 11) is 0. The van der Waals surface area contributed by atoms with Gasteiger partial charge in [-0.3, -0.25) is 9.78 Å². The van der Waals surface area contributed by atoms with Gasteiger partial charge >= 0.3 is 0 Å². The quantitative estimate of drug-likeness (QED) is 0.739. The Labute approximate surface area is 163 Å². The summed E-state index contributed by atoms with van der Waals surface area (Å²) in [6.07, 6.45) is 5.13. The first kappa shape index (κ1) is 18.0. The van der Waals surface area contributed by atoms with E-state index in [9.17, 15) is 4.79 Å². The van der Waals surface area contributed by atoms with Gasteiger partial charge in [-0.1, -0.05) is 18.2 Å². The number of likely N-dealkylation sites (tertiary alicyclic amines) is 1. The summed E-state index contributed by atoms with van der Waals surface area (Å²) in [5, 5.41) is 4.31. The molecule has 1 unspecified atom stereocenters. The van der Waals surface area contributed by atoms with E-state index in [1.54, 1.807) is 17.1 Å². The van der Waals surface area contributed by atoms with Crippen LogP contribution in [0.4, 0.5) is 5.82 Å². The molecule has 4 rings (SSSR count). The zero-order valence-corrected chi connectivity index (χ0v) is 15.8. The molecule has 2 N–H and O–H groups in total. The number of nitrogen functional groups attached to an aromatic ring is 1. The predicted molar refractivity (Wildman–Crippen MR) is 107 cm³/mol. The Morgan fingerprint density at radius 2 is 2.07 bits per heavy atom. The molecule has 1 saturated heterocycles. The molecule has 3 heterocycles. The second kappa shape index (κ2) is 7.72. The first-order valence-corrected chi connectivity index (χ1v) is 9.39. The van der Waals surface area contributed by atoms with E-state index in [1.165, 1.54) is 0 Å². The molecule has 1 aromatic carbocycles. The Kier molecular flexibility index (Phi) is 4.97. The fourth-order valence-electron chi connectivity index (χ4n) is 3.54. The Hall–Kier alpha value is -3.35. The van der Waals surface area contributed by atoms with Gasteiger partial charge in [0, 0.05) is 12.7 Å². The number of amides is 1. The van der Waals surface area contributed by atoms with Crippen molar-refractivity contribution in [2.75, 3.05) is 18.9 Å². The number of nitrogens with zero attached hydrogens (tertiary/aromatic N) is 4. The van der Waals surface area contributed by atoms with Gasteiger partial charge in [-0.15, -0.1) is 0 Å². The molecule has 28 heavy (non-hydrogen) atoms. The van der Waals surface area contributed by atoms with E-state index in [2.05, 4.69) is 10.1 Å². The molecule has 0 spiro atoms. The molecule has 0 radical (unpaired) electrons. The van der Waals surface area contributed by atoms with Crippen LogP contribution in [0.3, 0.4) is 0 Å². The van der Waals surface area contributed by atoms with Gasteiger partial charge in [-0.2, -0.15) is 5.10 Å². The van der Waals surface area contributed by atoms with Crippen molar-refractivity contribution >= 4 is 11.7 Å². The van der Waals surface area contributed by atoms with E-state index < -0.39 is 0 Å². The molecule has 7 nitrogen and oxygen atoms in total. The van der Waals surface area contributed by atoms with E-state index in [0.717, 1.165) is 30.0 Å². The highest BCUT2D eigenvalue weighted by atomic mass is 16.5. The van der Waals surface area contributed by atoms with Crippen molar-refractivity contribution in [3.63, 3.8) is 0 Å². The average Bonchev–Trinajstić information content (AvgIpc) is 3.34. The summed E-state index contributed by atoms with van der Waals surface area (Å²) < 4.78 is 7.52. The van der Waals surface area contributed by atoms with Crippen LogP contribution in [-0.2, 0) is 0 Å². The highest BCUT2D eigenvalue weighted by Gasteiger charge is 2.32. The minimum absolute atomic E-state index is 0.00609. The molecule has 3 aromatic rings. The summed E-state index contributed by atoms with van der Waals surface area (Å²) in [5.41, 5.74) is 8.34. The third-order valence-electron chi connectivity index (χ3n) is 5.07. The van der Waals surface area contributed by atoms with Crippen LogP contribution >= 0.6 is 0 Å². The molecule has 0 saturated carbocycles. The van der Waals surface area contributed by atoms with Crippen molar-refractivity contribution in [2.24, 2.45) is 0 Å². The maximum absolute atomic E-state index is 13.1. The molecule has 1 atom stereocenters. The number of pyridine rings is 1. The average molecular weight is 377 g/mol. The van der Waals surface area contributed by atoms with Crippen LogP contribution in [0.25, 0.3) is 5.69 Å². The van der Waals surface area contributed by atoms with Gasteiger partial charge in [0.1, 0.15) is 23.7 Å². The Morgan fingerprint density at radius 3 is 2.86 bits per heavy atom. The maximum Gasteiger partial charge on any atom is 0.259 e. The fraction of sp³-hybridized carbons (Fsp3) is 0.286. The van der Waals surface area contributed by atoms with Gasteiger partial charge in [-0.25, -0.2) is 4.68 Å². The van der Waals surface area contributed by atoms with E-state index in [4.69, 9.17) is 10.5 Å². The van der Waals surface area contributed by atoms with Gasteiger partial charge in [0.2, 0.25) is 0 Å².